The van der Waals surface area contributed by atoms with Gasteiger partial charge in [0.25, 0.3) is 0 Å². The van der Waals surface area contributed by atoms with E-state index in [1.807, 2.05) is 36.4 Å². The quantitative estimate of drug-likeness (QED) is 0.877. The maximum atomic E-state index is 5.99. The lowest BCUT2D eigenvalue weighted by Gasteiger charge is -2.16. The van der Waals surface area contributed by atoms with E-state index in [2.05, 4.69) is 24.1 Å². The van der Waals surface area contributed by atoms with Gasteiger partial charge < -0.3 is 5.32 Å². The zero-order chi connectivity index (χ0) is 12.3. The highest BCUT2D eigenvalue weighted by Crippen LogP contribution is 2.24. The molecule has 1 N–H and O–H groups in total. The largest absolute Gasteiger partial charge is 0.377 e. The van der Waals surface area contributed by atoms with Crippen LogP contribution < -0.4 is 5.32 Å². The molecular weight excluding hydrogens is 232 g/mol. The molecule has 0 aliphatic carbocycles. The van der Waals surface area contributed by atoms with Gasteiger partial charge in [-0.3, -0.25) is 4.98 Å². The highest BCUT2D eigenvalue weighted by molar-refractivity contribution is 6.30. The number of benzene rings is 1. The maximum Gasteiger partial charge on any atom is 0.0657 e. The Bertz CT molecular complexity index is 497. The third-order valence-corrected chi connectivity index (χ3v) is 2.94. The van der Waals surface area contributed by atoms with Crippen molar-refractivity contribution in [3.63, 3.8) is 0 Å². The lowest BCUT2D eigenvalue weighted by Crippen LogP contribution is -2.09. The van der Waals surface area contributed by atoms with Gasteiger partial charge in [0.15, 0.2) is 0 Å². The van der Waals surface area contributed by atoms with Crippen molar-refractivity contribution < 1.29 is 0 Å². The van der Waals surface area contributed by atoms with Gasteiger partial charge in [0.2, 0.25) is 0 Å². The number of aryl methyl sites for hydroxylation is 1. The van der Waals surface area contributed by atoms with Gasteiger partial charge in [0.05, 0.1) is 11.7 Å². The summed E-state index contributed by atoms with van der Waals surface area (Å²) in [6, 6.07) is 11.9. The molecule has 1 aromatic heterocycles. The van der Waals surface area contributed by atoms with Crippen molar-refractivity contribution in [1.82, 2.24) is 4.98 Å². The van der Waals surface area contributed by atoms with Crippen LogP contribution >= 0.6 is 11.6 Å². The summed E-state index contributed by atoms with van der Waals surface area (Å²) in [7, 11) is 0. The van der Waals surface area contributed by atoms with Gasteiger partial charge >= 0.3 is 0 Å². The van der Waals surface area contributed by atoms with Crippen LogP contribution in [0.4, 0.5) is 5.69 Å². The standard InChI is InChI=1S/C14H15ClN2/c1-10-6-7-12(15)9-14(10)17-11(2)13-5-3-4-8-16-13/h3-9,11,17H,1-2H3. The molecule has 1 aromatic carbocycles. The molecule has 0 aliphatic heterocycles. The van der Waals surface area contributed by atoms with Crippen LogP contribution in [0.5, 0.6) is 0 Å². The van der Waals surface area contributed by atoms with Gasteiger partial charge in [-0.2, -0.15) is 0 Å². The molecule has 2 nitrogen and oxygen atoms in total. The fraction of sp³-hybridized carbons (Fsp3) is 0.214. The Morgan fingerprint density at radius 3 is 2.76 bits per heavy atom. The Kier molecular flexibility index (Phi) is 3.64. The number of aromatic nitrogens is 1. The molecule has 1 atom stereocenters. The molecule has 3 heteroatoms. The predicted molar refractivity (Wildman–Crippen MR) is 72.5 cm³/mol. The summed E-state index contributed by atoms with van der Waals surface area (Å²) in [4.78, 5) is 4.33. The summed E-state index contributed by atoms with van der Waals surface area (Å²) in [5, 5.41) is 4.16. The van der Waals surface area contributed by atoms with Crippen molar-refractivity contribution in [3.05, 3.63) is 58.9 Å². The highest BCUT2D eigenvalue weighted by atomic mass is 35.5. The molecule has 0 fully saturated rings. The van der Waals surface area contributed by atoms with E-state index in [9.17, 15) is 0 Å². The van der Waals surface area contributed by atoms with Crippen molar-refractivity contribution in [2.45, 2.75) is 19.9 Å². The van der Waals surface area contributed by atoms with Gasteiger partial charge in [-0.25, -0.2) is 0 Å². The molecule has 0 saturated heterocycles. The number of nitrogens with zero attached hydrogens (tertiary/aromatic N) is 1. The fourth-order valence-corrected chi connectivity index (χ4v) is 1.86. The Morgan fingerprint density at radius 1 is 1.24 bits per heavy atom. The summed E-state index contributed by atoms with van der Waals surface area (Å²) in [6.45, 7) is 4.15. The zero-order valence-corrected chi connectivity index (χ0v) is 10.7. The molecule has 88 valence electrons. The van der Waals surface area contributed by atoms with Crippen molar-refractivity contribution in [3.8, 4) is 0 Å². The molecule has 2 aromatic rings. The van der Waals surface area contributed by atoms with Crippen LogP contribution in [0, 0.1) is 6.92 Å². The van der Waals surface area contributed by atoms with Crippen molar-refractivity contribution >= 4 is 17.3 Å². The van der Waals surface area contributed by atoms with Gasteiger partial charge in [0.1, 0.15) is 0 Å². The average molecular weight is 247 g/mol. The molecule has 1 unspecified atom stereocenters. The minimum atomic E-state index is 0.161. The predicted octanol–water partition coefficient (Wildman–Crippen LogP) is 4.22. The zero-order valence-electron chi connectivity index (χ0n) is 9.94. The number of hydrogen-bond acceptors (Lipinski definition) is 2. The first-order valence-electron chi connectivity index (χ1n) is 5.60. The summed E-state index contributed by atoms with van der Waals surface area (Å²) in [5.74, 6) is 0. The minimum Gasteiger partial charge on any atom is -0.377 e. The maximum absolute atomic E-state index is 5.99. The minimum absolute atomic E-state index is 0.161. The fourth-order valence-electron chi connectivity index (χ4n) is 1.69. The monoisotopic (exact) mass is 246 g/mol. The van der Waals surface area contributed by atoms with E-state index in [1.165, 1.54) is 5.56 Å². The molecule has 0 bridgehead atoms. The third-order valence-electron chi connectivity index (χ3n) is 2.70. The number of anilines is 1. The molecule has 1 heterocycles. The van der Waals surface area contributed by atoms with Gasteiger partial charge in [0, 0.05) is 16.9 Å². The van der Waals surface area contributed by atoms with Crippen LogP contribution in [0.15, 0.2) is 42.6 Å². The van der Waals surface area contributed by atoms with Crippen LogP contribution in [0.3, 0.4) is 0 Å². The third kappa shape index (κ3) is 2.98. The summed E-state index contributed by atoms with van der Waals surface area (Å²) in [5.41, 5.74) is 3.25. The summed E-state index contributed by atoms with van der Waals surface area (Å²) in [6.07, 6.45) is 1.80. The number of halogens is 1. The normalized spacial score (nSPS) is 12.2. The molecule has 17 heavy (non-hydrogen) atoms. The van der Waals surface area contributed by atoms with Crippen molar-refractivity contribution in [2.24, 2.45) is 0 Å². The van der Waals surface area contributed by atoms with E-state index in [0.717, 1.165) is 16.4 Å². The van der Waals surface area contributed by atoms with E-state index in [1.54, 1.807) is 6.20 Å². The first-order chi connectivity index (χ1) is 8.16. The van der Waals surface area contributed by atoms with E-state index < -0.39 is 0 Å². The second-order valence-electron chi connectivity index (χ2n) is 4.08. The average Bonchev–Trinajstić information content (AvgIpc) is 2.35. The molecular formula is C14H15ClN2. The van der Waals surface area contributed by atoms with Gasteiger partial charge in [-0.1, -0.05) is 23.7 Å². The Hall–Kier alpha value is -1.54. The molecule has 0 amide bonds. The molecule has 0 radical (unpaired) electrons. The first kappa shape index (κ1) is 11.9. The Labute approximate surface area is 107 Å². The van der Waals surface area contributed by atoms with Crippen LogP contribution in [0.1, 0.15) is 24.2 Å². The van der Waals surface area contributed by atoms with Crippen molar-refractivity contribution in [1.29, 1.82) is 0 Å². The smallest absolute Gasteiger partial charge is 0.0657 e. The van der Waals surface area contributed by atoms with Crippen LogP contribution in [0.25, 0.3) is 0 Å². The SMILES string of the molecule is Cc1ccc(Cl)cc1NC(C)c1ccccn1. The molecule has 0 aliphatic rings. The number of rotatable bonds is 3. The van der Waals surface area contributed by atoms with E-state index in [-0.39, 0.29) is 6.04 Å². The number of nitrogens with one attached hydrogen (secondary N) is 1. The summed E-state index contributed by atoms with van der Waals surface area (Å²) < 4.78 is 0. The molecule has 0 spiro atoms. The molecule has 0 saturated carbocycles. The first-order valence-corrected chi connectivity index (χ1v) is 5.98. The Balaban J connectivity index is 2.18. The number of pyridine rings is 1. The van der Waals surface area contributed by atoms with E-state index in [4.69, 9.17) is 11.6 Å². The highest BCUT2D eigenvalue weighted by Gasteiger charge is 2.07. The van der Waals surface area contributed by atoms with Crippen LogP contribution in [-0.4, -0.2) is 4.98 Å². The number of hydrogen-bond donors (Lipinski definition) is 1. The van der Waals surface area contributed by atoms with Crippen LogP contribution in [0.2, 0.25) is 5.02 Å². The topological polar surface area (TPSA) is 24.9 Å². The summed E-state index contributed by atoms with van der Waals surface area (Å²) >= 11 is 5.99. The van der Waals surface area contributed by atoms with Gasteiger partial charge in [-0.05, 0) is 43.7 Å². The second-order valence-corrected chi connectivity index (χ2v) is 4.52. The lowest BCUT2D eigenvalue weighted by molar-refractivity contribution is 0.838. The second kappa shape index (κ2) is 5.19. The molecule has 2 rings (SSSR count). The van der Waals surface area contributed by atoms with Crippen LogP contribution in [-0.2, 0) is 0 Å². The lowest BCUT2D eigenvalue weighted by atomic mass is 10.1. The van der Waals surface area contributed by atoms with E-state index in [0.29, 0.717) is 0 Å². The Morgan fingerprint density at radius 2 is 2.06 bits per heavy atom. The van der Waals surface area contributed by atoms with Gasteiger partial charge in [-0.15, -0.1) is 0 Å². The van der Waals surface area contributed by atoms with Crippen molar-refractivity contribution in [2.75, 3.05) is 5.32 Å². The van der Waals surface area contributed by atoms with E-state index >= 15 is 0 Å².